The van der Waals surface area contributed by atoms with E-state index in [0.717, 1.165) is 27.9 Å². The van der Waals surface area contributed by atoms with Crippen molar-refractivity contribution < 1.29 is 9.26 Å². The summed E-state index contributed by atoms with van der Waals surface area (Å²) in [7, 11) is 1.64. The average Bonchev–Trinajstić information content (AvgIpc) is 3.40. The van der Waals surface area contributed by atoms with Crippen LogP contribution in [-0.4, -0.2) is 32.0 Å². The van der Waals surface area contributed by atoms with Gasteiger partial charge in [-0.05, 0) is 36.4 Å². The standard InChI is InChI=1S/C21H18ClN5O2S/c1-3-12-27-20(14-8-10-15(28-2)11-9-14)24-25-21(27)30-13-18-23-19(26-29-18)16-6-4-5-7-17(16)22/h3-11H,1,12-13H2,2H3. The minimum absolute atomic E-state index is 0.454. The van der Waals surface area contributed by atoms with Crippen molar-refractivity contribution in [1.82, 2.24) is 24.9 Å². The summed E-state index contributed by atoms with van der Waals surface area (Å²) in [6, 6.07) is 15.1. The smallest absolute Gasteiger partial charge is 0.237 e. The lowest BCUT2D eigenvalue weighted by atomic mass is 10.2. The highest BCUT2D eigenvalue weighted by molar-refractivity contribution is 7.98. The molecule has 152 valence electrons. The zero-order valence-corrected chi connectivity index (χ0v) is 17.7. The molecule has 0 aliphatic carbocycles. The molecule has 0 saturated heterocycles. The predicted octanol–water partition coefficient (Wildman–Crippen LogP) is 5.14. The van der Waals surface area contributed by atoms with Crippen molar-refractivity contribution in [2.45, 2.75) is 17.5 Å². The molecule has 2 aromatic heterocycles. The maximum atomic E-state index is 6.21. The van der Waals surface area contributed by atoms with Gasteiger partial charge in [0.05, 0.1) is 17.9 Å². The molecule has 30 heavy (non-hydrogen) atoms. The van der Waals surface area contributed by atoms with Crippen LogP contribution >= 0.6 is 23.4 Å². The highest BCUT2D eigenvalue weighted by Crippen LogP contribution is 2.29. The third-order valence-electron chi connectivity index (χ3n) is 4.28. The molecule has 0 unspecified atom stereocenters. The Bertz CT molecular complexity index is 1160. The van der Waals surface area contributed by atoms with Crippen LogP contribution in [0, 0.1) is 0 Å². The van der Waals surface area contributed by atoms with Crippen LogP contribution in [0.2, 0.25) is 5.02 Å². The summed E-state index contributed by atoms with van der Waals surface area (Å²) in [6.07, 6.45) is 1.81. The van der Waals surface area contributed by atoms with Gasteiger partial charge in [-0.1, -0.05) is 46.7 Å². The van der Waals surface area contributed by atoms with Crippen molar-refractivity contribution in [3.05, 3.63) is 72.1 Å². The molecule has 4 rings (SSSR count). The summed E-state index contributed by atoms with van der Waals surface area (Å²) in [4.78, 5) is 4.44. The predicted molar refractivity (Wildman–Crippen MR) is 117 cm³/mol. The first kappa shape index (κ1) is 20.2. The maximum Gasteiger partial charge on any atom is 0.237 e. The van der Waals surface area contributed by atoms with Crippen LogP contribution in [-0.2, 0) is 12.3 Å². The second-order valence-electron chi connectivity index (χ2n) is 6.21. The second-order valence-corrected chi connectivity index (χ2v) is 7.56. The molecule has 0 aliphatic rings. The molecule has 0 N–H and O–H groups in total. The first-order valence-electron chi connectivity index (χ1n) is 9.08. The van der Waals surface area contributed by atoms with Gasteiger partial charge in [0, 0.05) is 17.7 Å². The SMILES string of the molecule is C=CCn1c(SCc2nc(-c3ccccc3Cl)no2)nnc1-c1ccc(OC)cc1. The number of allylic oxidation sites excluding steroid dienone is 1. The van der Waals surface area contributed by atoms with Crippen LogP contribution in [0.25, 0.3) is 22.8 Å². The molecule has 0 atom stereocenters. The molecule has 9 heteroatoms. The second kappa shape index (κ2) is 9.15. The quantitative estimate of drug-likeness (QED) is 0.278. The van der Waals surface area contributed by atoms with Gasteiger partial charge in [0.15, 0.2) is 11.0 Å². The fraction of sp³-hybridized carbons (Fsp3) is 0.143. The van der Waals surface area contributed by atoms with Crippen LogP contribution in [0.15, 0.2) is 70.9 Å². The summed E-state index contributed by atoms with van der Waals surface area (Å²) < 4.78 is 12.6. The Kier molecular flexibility index (Phi) is 6.15. The highest BCUT2D eigenvalue weighted by atomic mass is 35.5. The zero-order valence-electron chi connectivity index (χ0n) is 16.2. The van der Waals surface area contributed by atoms with Gasteiger partial charge in [-0.3, -0.25) is 4.57 Å². The molecule has 0 radical (unpaired) electrons. The Labute approximate surface area is 182 Å². The van der Waals surface area contributed by atoms with Gasteiger partial charge in [0.1, 0.15) is 5.75 Å². The number of methoxy groups -OCH3 is 1. The van der Waals surface area contributed by atoms with E-state index in [4.69, 9.17) is 20.9 Å². The van der Waals surface area contributed by atoms with Crippen molar-refractivity contribution in [2.75, 3.05) is 7.11 Å². The zero-order chi connectivity index (χ0) is 20.9. The van der Waals surface area contributed by atoms with Gasteiger partial charge in [-0.25, -0.2) is 0 Å². The van der Waals surface area contributed by atoms with Gasteiger partial charge in [0.25, 0.3) is 0 Å². The minimum atomic E-state index is 0.454. The first-order valence-corrected chi connectivity index (χ1v) is 10.4. The van der Waals surface area contributed by atoms with Crippen LogP contribution in [0.4, 0.5) is 0 Å². The van der Waals surface area contributed by atoms with Gasteiger partial charge in [0.2, 0.25) is 11.7 Å². The molecule has 7 nitrogen and oxygen atoms in total. The fourth-order valence-corrected chi connectivity index (χ4v) is 3.84. The third-order valence-corrected chi connectivity index (χ3v) is 5.57. The number of benzene rings is 2. The number of hydrogen-bond donors (Lipinski definition) is 0. The van der Waals surface area contributed by atoms with Crippen molar-refractivity contribution >= 4 is 23.4 Å². The van der Waals surface area contributed by atoms with Crippen LogP contribution in [0.5, 0.6) is 5.75 Å². The monoisotopic (exact) mass is 439 g/mol. The van der Waals surface area contributed by atoms with E-state index in [0.29, 0.717) is 29.0 Å². The Morgan fingerprint density at radius 2 is 1.97 bits per heavy atom. The molecular formula is C21H18ClN5O2S. The molecule has 0 fully saturated rings. The largest absolute Gasteiger partial charge is 0.497 e. The van der Waals surface area contributed by atoms with Crippen molar-refractivity contribution in [1.29, 1.82) is 0 Å². The average molecular weight is 440 g/mol. The lowest BCUT2D eigenvalue weighted by molar-refractivity contribution is 0.391. The molecule has 4 aromatic rings. The van der Waals surface area contributed by atoms with E-state index in [1.54, 1.807) is 13.2 Å². The minimum Gasteiger partial charge on any atom is -0.497 e. The van der Waals surface area contributed by atoms with Gasteiger partial charge < -0.3 is 9.26 Å². The summed E-state index contributed by atoms with van der Waals surface area (Å²) in [5.41, 5.74) is 1.67. The van der Waals surface area contributed by atoms with E-state index in [-0.39, 0.29) is 0 Å². The topological polar surface area (TPSA) is 78.9 Å². The molecule has 0 bridgehead atoms. The van der Waals surface area contributed by atoms with Crippen molar-refractivity contribution in [3.63, 3.8) is 0 Å². The summed E-state index contributed by atoms with van der Waals surface area (Å²) >= 11 is 7.67. The number of ether oxygens (including phenoxy) is 1. The Hall–Kier alpha value is -3.10. The lowest BCUT2D eigenvalue weighted by Crippen LogP contribution is -2.00. The Morgan fingerprint density at radius 1 is 1.17 bits per heavy atom. The van der Waals surface area contributed by atoms with Crippen molar-refractivity contribution in [2.24, 2.45) is 0 Å². The number of rotatable bonds is 8. The third kappa shape index (κ3) is 4.24. The van der Waals surface area contributed by atoms with Crippen molar-refractivity contribution in [3.8, 4) is 28.5 Å². The van der Waals surface area contributed by atoms with Gasteiger partial charge in [-0.2, -0.15) is 4.98 Å². The van der Waals surface area contributed by atoms with E-state index < -0.39 is 0 Å². The highest BCUT2D eigenvalue weighted by Gasteiger charge is 2.16. The fourth-order valence-electron chi connectivity index (χ4n) is 2.83. The Balaban J connectivity index is 1.53. The van der Waals surface area contributed by atoms with E-state index in [1.165, 1.54) is 11.8 Å². The number of nitrogens with zero attached hydrogens (tertiary/aromatic N) is 5. The summed E-state index contributed by atoms with van der Waals surface area (Å²) in [6.45, 7) is 4.42. The normalized spacial score (nSPS) is 10.9. The van der Waals surface area contributed by atoms with E-state index in [9.17, 15) is 0 Å². The number of halogens is 1. The number of aromatic nitrogens is 5. The molecule has 0 saturated carbocycles. The van der Waals surface area contributed by atoms with Crippen LogP contribution in [0.3, 0.4) is 0 Å². The van der Waals surface area contributed by atoms with E-state index in [1.807, 2.05) is 53.1 Å². The molecule has 0 amide bonds. The van der Waals surface area contributed by atoms with E-state index >= 15 is 0 Å². The molecule has 0 aliphatic heterocycles. The van der Waals surface area contributed by atoms with Crippen LogP contribution < -0.4 is 4.74 Å². The summed E-state index contributed by atoms with van der Waals surface area (Å²) in [5.74, 6) is 2.93. The maximum absolute atomic E-state index is 6.21. The van der Waals surface area contributed by atoms with Gasteiger partial charge >= 0.3 is 0 Å². The summed E-state index contributed by atoms with van der Waals surface area (Å²) in [5, 5.41) is 14.0. The molecule has 2 aromatic carbocycles. The van der Waals surface area contributed by atoms with Gasteiger partial charge in [-0.15, -0.1) is 16.8 Å². The first-order chi connectivity index (χ1) is 14.7. The molecular weight excluding hydrogens is 422 g/mol. The number of hydrogen-bond acceptors (Lipinski definition) is 7. The molecule has 0 spiro atoms. The number of thioether (sulfide) groups is 1. The Morgan fingerprint density at radius 3 is 2.70 bits per heavy atom. The van der Waals surface area contributed by atoms with E-state index in [2.05, 4.69) is 26.9 Å². The van der Waals surface area contributed by atoms with Crippen LogP contribution in [0.1, 0.15) is 5.89 Å². The molecule has 2 heterocycles. The lowest BCUT2D eigenvalue weighted by Gasteiger charge is -2.07.